The quantitative estimate of drug-likeness (QED) is 0.299. The Balaban J connectivity index is 1.17. The van der Waals surface area contributed by atoms with Gasteiger partial charge in [0.1, 0.15) is 11.3 Å². The van der Waals surface area contributed by atoms with E-state index in [1.165, 1.54) is 36.5 Å². The van der Waals surface area contributed by atoms with Crippen LogP contribution in [0.5, 0.6) is 6.01 Å². The molecule has 0 unspecified atom stereocenters. The van der Waals surface area contributed by atoms with E-state index in [2.05, 4.69) is 28.5 Å². The lowest BCUT2D eigenvalue weighted by atomic mass is 9.93. The molecule has 4 fully saturated rings. The Morgan fingerprint density at radius 2 is 1.98 bits per heavy atom. The number of carbonyl (C=O) groups excluding carboxylic acids is 1. The molecule has 3 aliphatic carbocycles. The Labute approximate surface area is 263 Å². The number of hydrogen-bond acceptors (Lipinski definition) is 7. The van der Waals surface area contributed by atoms with E-state index < -0.39 is 0 Å². The topological polar surface area (TPSA) is 85.6 Å². The number of amides is 1. The summed E-state index contributed by atoms with van der Waals surface area (Å²) in [6.07, 6.45) is 8.44. The molecule has 2 aromatic carbocycles. The van der Waals surface area contributed by atoms with Crippen LogP contribution in [0.3, 0.4) is 0 Å². The van der Waals surface area contributed by atoms with Crippen molar-refractivity contribution in [3.8, 4) is 23.2 Å². The van der Waals surface area contributed by atoms with Crippen molar-refractivity contribution < 1.29 is 13.9 Å². The predicted octanol–water partition coefficient (Wildman–Crippen LogP) is 5.47. The van der Waals surface area contributed by atoms with Gasteiger partial charge in [-0.3, -0.25) is 4.79 Å². The Kier molecular flexibility index (Phi) is 7.01. The number of carbonyl (C=O) groups is 1. The maximum absolute atomic E-state index is 16.7. The van der Waals surface area contributed by atoms with Gasteiger partial charge in [-0.2, -0.15) is 15.2 Å². The molecule has 0 N–H and O–H groups in total. The lowest BCUT2D eigenvalue weighted by Crippen LogP contribution is -2.55. The van der Waals surface area contributed by atoms with Crippen molar-refractivity contribution >= 4 is 22.6 Å². The zero-order valence-electron chi connectivity index (χ0n) is 25.7. The molecular formula is C36H39FN6O2. The zero-order chi connectivity index (χ0) is 30.7. The molecule has 3 heterocycles. The Hall–Kier alpha value is -4.03. The fourth-order valence-electron chi connectivity index (χ4n) is 8.08. The molecule has 3 aromatic rings. The molecule has 2 aliphatic heterocycles. The molecule has 3 atom stereocenters. The lowest BCUT2D eigenvalue weighted by molar-refractivity contribution is -0.128. The minimum absolute atomic E-state index is 0.100. The molecule has 45 heavy (non-hydrogen) atoms. The van der Waals surface area contributed by atoms with Gasteiger partial charge in [0.25, 0.3) is 0 Å². The summed E-state index contributed by atoms with van der Waals surface area (Å²) in [5.41, 5.74) is 4.50. The van der Waals surface area contributed by atoms with Crippen molar-refractivity contribution in [2.45, 2.75) is 56.9 Å². The van der Waals surface area contributed by atoms with Crippen LogP contribution in [0.4, 0.5) is 10.2 Å². The fraction of sp³-hybridized carbons (Fsp3) is 0.500. The third kappa shape index (κ3) is 5.13. The molecule has 0 spiro atoms. The summed E-state index contributed by atoms with van der Waals surface area (Å²) >= 11 is 0. The first kappa shape index (κ1) is 28.4. The molecule has 5 aliphatic rings. The summed E-state index contributed by atoms with van der Waals surface area (Å²) in [7, 11) is 0. The van der Waals surface area contributed by atoms with Gasteiger partial charge < -0.3 is 19.4 Å². The zero-order valence-corrected chi connectivity index (χ0v) is 25.7. The molecule has 8 rings (SSSR count). The number of benzene rings is 2. The highest BCUT2D eigenvalue weighted by molar-refractivity contribution is 5.94. The number of aromatic nitrogens is 2. The number of piperazine rings is 1. The van der Waals surface area contributed by atoms with E-state index in [0.29, 0.717) is 54.8 Å². The average molecular weight is 607 g/mol. The van der Waals surface area contributed by atoms with Crippen LogP contribution in [0.1, 0.15) is 55.6 Å². The molecule has 0 radical (unpaired) electrons. The number of rotatable bonds is 9. The number of hydrogen-bond donors (Lipinski definition) is 0. The Morgan fingerprint density at radius 3 is 2.76 bits per heavy atom. The molecule has 9 heteroatoms. The van der Waals surface area contributed by atoms with Crippen molar-refractivity contribution in [1.82, 2.24) is 19.8 Å². The summed E-state index contributed by atoms with van der Waals surface area (Å²) in [6.45, 7) is 8.74. The monoisotopic (exact) mass is 606 g/mol. The van der Waals surface area contributed by atoms with Crippen molar-refractivity contribution in [3.05, 3.63) is 59.9 Å². The maximum atomic E-state index is 16.7. The highest BCUT2D eigenvalue weighted by Gasteiger charge is 2.46. The summed E-state index contributed by atoms with van der Waals surface area (Å²) in [6, 6.07) is 12.2. The van der Waals surface area contributed by atoms with Gasteiger partial charge in [-0.15, -0.1) is 0 Å². The van der Waals surface area contributed by atoms with Crippen molar-refractivity contribution in [1.29, 1.82) is 5.26 Å². The molecule has 232 valence electrons. The van der Waals surface area contributed by atoms with Gasteiger partial charge >= 0.3 is 6.01 Å². The standard InChI is InChI=1S/C36H39FN6O2/c1-2-31(44)43-17-16-42(20-24(43)10-13-38)34-28-9-8-27(25-6-5-7-26-29-18-23(29)19-30(25)26)32(37)33(28)39-35(40-34)45-22-36(11-12-36)21-41-14-3-4-15-41/h2,5-9,23-24,29H,1,3-4,10-12,14-22H2/t23-,24-,29-/m0/s1. The van der Waals surface area contributed by atoms with Crippen LogP contribution in [0.2, 0.25) is 0 Å². The highest BCUT2D eigenvalue weighted by atomic mass is 19.1. The van der Waals surface area contributed by atoms with Crippen LogP contribution in [0.15, 0.2) is 43.0 Å². The highest BCUT2D eigenvalue weighted by Crippen LogP contribution is 2.58. The van der Waals surface area contributed by atoms with E-state index >= 15 is 4.39 Å². The van der Waals surface area contributed by atoms with Crippen molar-refractivity contribution in [2.24, 2.45) is 11.3 Å². The van der Waals surface area contributed by atoms with E-state index in [1.807, 2.05) is 24.3 Å². The van der Waals surface area contributed by atoms with Gasteiger partial charge in [-0.1, -0.05) is 30.8 Å². The SMILES string of the molecule is C=CC(=O)N1CCN(c2nc(OCC3(CN4CCCC4)CC3)nc3c(F)c(-c4cccc5c4C[C@@H]4C[C@H]54)ccc23)C[C@@H]1CC#N. The van der Waals surface area contributed by atoms with E-state index in [-0.39, 0.29) is 41.1 Å². The van der Waals surface area contributed by atoms with Crippen molar-refractivity contribution in [2.75, 3.05) is 50.8 Å². The summed E-state index contributed by atoms with van der Waals surface area (Å²) < 4.78 is 23.1. The third-order valence-electron chi connectivity index (χ3n) is 10.8. The minimum Gasteiger partial charge on any atom is -0.463 e. The number of nitrogens with zero attached hydrogens (tertiary/aromatic N) is 6. The van der Waals surface area contributed by atoms with E-state index in [1.54, 1.807) is 4.90 Å². The smallest absolute Gasteiger partial charge is 0.319 e. The van der Waals surface area contributed by atoms with Gasteiger partial charge in [-0.25, -0.2) is 4.39 Å². The Morgan fingerprint density at radius 1 is 1.13 bits per heavy atom. The van der Waals surface area contributed by atoms with Crippen LogP contribution in [0, 0.1) is 28.5 Å². The third-order valence-corrected chi connectivity index (χ3v) is 10.8. The molecular weight excluding hydrogens is 567 g/mol. The first-order chi connectivity index (χ1) is 22.0. The number of halogens is 1. The summed E-state index contributed by atoms with van der Waals surface area (Å²) in [4.78, 5) is 28.5. The Bertz CT molecular complexity index is 1720. The molecule has 0 bridgehead atoms. The fourth-order valence-corrected chi connectivity index (χ4v) is 8.08. The largest absolute Gasteiger partial charge is 0.463 e. The first-order valence-electron chi connectivity index (χ1n) is 16.5. The number of likely N-dealkylation sites (tertiary alicyclic amines) is 1. The molecule has 2 saturated carbocycles. The number of ether oxygens (including phenoxy) is 1. The van der Waals surface area contributed by atoms with Crippen LogP contribution < -0.4 is 9.64 Å². The predicted molar refractivity (Wildman–Crippen MR) is 170 cm³/mol. The lowest BCUT2D eigenvalue weighted by Gasteiger charge is -2.41. The van der Waals surface area contributed by atoms with Crippen LogP contribution in [-0.2, 0) is 11.2 Å². The molecule has 8 nitrogen and oxygen atoms in total. The second-order valence-electron chi connectivity index (χ2n) is 13.8. The van der Waals surface area contributed by atoms with Crippen LogP contribution >= 0.6 is 0 Å². The minimum atomic E-state index is -0.359. The summed E-state index contributed by atoms with van der Waals surface area (Å²) in [5.74, 6) is 1.35. The van der Waals surface area contributed by atoms with Gasteiger partial charge in [-0.05, 0) is 92.3 Å². The molecule has 1 aromatic heterocycles. The van der Waals surface area contributed by atoms with Gasteiger partial charge in [0.15, 0.2) is 5.82 Å². The second kappa shape index (κ2) is 11.1. The van der Waals surface area contributed by atoms with Gasteiger partial charge in [0.05, 0.1) is 25.1 Å². The number of anilines is 1. The van der Waals surface area contributed by atoms with E-state index in [9.17, 15) is 10.1 Å². The second-order valence-corrected chi connectivity index (χ2v) is 13.8. The maximum Gasteiger partial charge on any atom is 0.319 e. The first-order valence-corrected chi connectivity index (χ1v) is 16.5. The van der Waals surface area contributed by atoms with Crippen LogP contribution in [0.25, 0.3) is 22.0 Å². The van der Waals surface area contributed by atoms with Crippen molar-refractivity contribution in [3.63, 3.8) is 0 Å². The normalized spacial score (nSPS) is 24.7. The van der Waals surface area contributed by atoms with E-state index in [4.69, 9.17) is 14.7 Å². The molecule has 2 saturated heterocycles. The summed E-state index contributed by atoms with van der Waals surface area (Å²) in [5, 5.41) is 10.2. The van der Waals surface area contributed by atoms with Gasteiger partial charge in [0, 0.05) is 42.5 Å². The number of fused-ring (bicyclic) bond motifs is 4. The number of nitriles is 1. The van der Waals surface area contributed by atoms with Crippen LogP contribution in [-0.4, -0.2) is 77.6 Å². The average Bonchev–Trinajstić information content (AvgIpc) is 3.91. The van der Waals surface area contributed by atoms with Gasteiger partial charge in [0.2, 0.25) is 5.91 Å². The van der Waals surface area contributed by atoms with E-state index in [0.717, 1.165) is 44.5 Å². The molecule has 1 amide bonds.